The number of rotatable bonds is 10. The molecule has 2 aromatic rings. The van der Waals surface area contributed by atoms with Crippen LogP contribution in [0.3, 0.4) is 0 Å². The summed E-state index contributed by atoms with van der Waals surface area (Å²) >= 11 is 8.03. The Morgan fingerprint density at radius 3 is 2.74 bits per heavy atom. The summed E-state index contributed by atoms with van der Waals surface area (Å²) in [5, 5.41) is 21.0. The van der Waals surface area contributed by atoms with Crippen LogP contribution in [0.15, 0.2) is 65.4 Å². The van der Waals surface area contributed by atoms with Gasteiger partial charge < -0.3 is 14.9 Å². The Balaban J connectivity index is 1.68. The minimum Gasteiger partial charge on any atom is -0.478 e. The number of aromatic nitrogens is 1. The van der Waals surface area contributed by atoms with Crippen LogP contribution < -0.4 is 0 Å². The Morgan fingerprint density at radius 1 is 1.24 bits per heavy atom. The topological polar surface area (TPSA) is 79.7 Å². The molecule has 0 spiro atoms. The van der Waals surface area contributed by atoms with Gasteiger partial charge >= 0.3 is 5.97 Å². The van der Waals surface area contributed by atoms with Crippen molar-refractivity contribution in [2.75, 3.05) is 5.75 Å². The van der Waals surface area contributed by atoms with Crippen LogP contribution in [0.25, 0.3) is 0 Å². The summed E-state index contributed by atoms with van der Waals surface area (Å²) in [5.41, 5.74) is 3.47. The Morgan fingerprint density at radius 2 is 2.06 bits per heavy atom. The monoisotopic (exact) mass is 501 g/mol. The molecule has 1 aromatic heterocycles. The van der Waals surface area contributed by atoms with Crippen LogP contribution >= 0.6 is 23.4 Å². The molecule has 5 nitrogen and oxygen atoms in total. The van der Waals surface area contributed by atoms with Gasteiger partial charge in [0.05, 0.1) is 28.9 Å². The molecule has 2 heterocycles. The third-order valence-electron chi connectivity index (χ3n) is 5.65. The first-order valence-electron chi connectivity index (χ1n) is 11.7. The first kappa shape index (κ1) is 26.5. The van der Waals surface area contributed by atoms with Crippen molar-refractivity contribution in [2.24, 2.45) is 0 Å². The van der Waals surface area contributed by atoms with E-state index >= 15 is 0 Å². The highest BCUT2D eigenvalue weighted by Crippen LogP contribution is 2.35. The summed E-state index contributed by atoms with van der Waals surface area (Å²) in [7, 11) is 0. The van der Waals surface area contributed by atoms with Gasteiger partial charge in [-0.05, 0) is 54.2 Å². The SMILES string of the molecule is CC/C=C\C(=C/CC)Cc1cc(C2CC(O)CC(CSc3ccc(C(=O)O)cn3)O2)ccc1Cl. The Bertz CT molecular complexity index is 1020. The van der Waals surface area contributed by atoms with Crippen LogP contribution in [-0.4, -0.2) is 39.1 Å². The zero-order chi connectivity index (χ0) is 24.5. The zero-order valence-electron chi connectivity index (χ0n) is 19.6. The van der Waals surface area contributed by atoms with E-state index in [1.54, 1.807) is 12.1 Å². The number of halogens is 1. The highest BCUT2D eigenvalue weighted by molar-refractivity contribution is 7.99. The standard InChI is InChI=1S/C27H32ClNO4S/c1-3-5-7-18(6-4-2)12-21-13-19(8-10-24(21)28)25-15-22(30)14-23(33-25)17-34-26-11-9-20(16-29-26)27(31)32/h5-11,13,16,22-23,25,30H,3-4,12,14-15,17H2,1-2H3,(H,31,32)/b7-5-,18-6+. The number of carbonyl (C=O) groups is 1. The van der Waals surface area contributed by atoms with Crippen molar-refractivity contribution in [1.82, 2.24) is 4.98 Å². The summed E-state index contributed by atoms with van der Waals surface area (Å²) < 4.78 is 6.36. The van der Waals surface area contributed by atoms with Gasteiger partial charge in [-0.1, -0.05) is 55.8 Å². The van der Waals surface area contributed by atoms with Gasteiger partial charge in [0.1, 0.15) is 0 Å². The van der Waals surface area contributed by atoms with Crippen molar-refractivity contribution in [3.05, 3.63) is 82.0 Å². The van der Waals surface area contributed by atoms with Crippen LogP contribution in [0.1, 0.15) is 67.1 Å². The maximum absolute atomic E-state index is 11.0. The summed E-state index contributed by atoms with van der Waals surface area (Å²) in [4.78, 5) is 15.2. The number of thioether (sulfide) groups is 1. The maximum atomic E-state index is 11.0. The van der Waals surface area contributed by atoms with Crippen molar-refractivity contribution >= 4 is 29.3 Å². The lowest BCUT2D eigenvalue weighted by Gasteiger charge is -2.33. The maximum Gasteiger partial charge on any atom is 0.337 e. The fourth-order valence-electron chi connectivity index (χ4n) is 3.96. The Labute approximate surface area is 210 Å². The number of aromatic carboxylic acids is 1. The molecule has 0 aliphatic carbocycles. The number of aliphatic hydroxyl groups is 1. The zero-order valence-corrected chi connectivity index (χ0v) is 21.2. The molecule has 0 saturated carbocycles. The second kappa shape index (κ2) is 13.1. The summed E-state index contributed by atoms with van der Waals surface area (Å²) in [6.45, 7) is 4.25. The minimum absolute atomic E-state index is 0.137. The fraction of sp³-hybridized carbons (Fsp3) is 0.407. The lowest BCUT2D eigenvalue weighted by molar-refractivity contribution is -0.0875. The fourth-order valence-corrected chi connectivity index (χ4v) is 5.01. The molecule has 3 atom stereocenters. The number of allylic oxidation sites excluding steroid dienone is 4. The van der Waals surface area contributed by atoms with E-state index in [4.69, 9.17) is 21.4 Å². The van der Waals surface area contributed by atoms with Crippen LogP contribution in [0.4, 0.5) is 0 Å². The number of ether oxygens (including phenoxy) is 1. The van der Waals surface area contributed by atoms with Gasteiger partial charge in [0.2, 0.25) is 0 Å². The molecule has 0 amide bonds. The predicted octanol–water partition coefficient (Wildman–Crippen LogP) is 6.65. The van der Waals surface area contributed by atoms with E-state index in [1.807, 2.05) is 12.1 Å². The third-order valence-corrected chi connectivity index (χ3v) is 7.09. The quantitative estimate of drug-likeness (QED) is 0.280. The largest absolute Gasteiger partial charge is 0.478 e. The summed E-state index contributed by atoms with van der Waals surface area (Å²) in [6.07, 6.45) is 10.9. The van der Waals surface area contributed by atoms with Crippen molar-refractivity contribution in [3.63, 3.8) is 0 Å². The normalized spacial score (nSPS) is 21.2. The van der Waals surface area contributed by atoms with Gasteiger partial charge in [0.25, 0.3) is 0 Å². The summed E-state index contributed by atoms with van der Waals surface area (Å²) in [6, 6.07) is 9.25. The van der Waals surface area contributed by atoms with Crippen molar-refractivity contribution in [1.29, 1.82) is 0 Å². The van der Waals surface area contributed by atoms with Crippen LogP contribution in [-0.2, 0) is 11.2 Å². The highest BCUT2D eigenvalue weighted by atomic mass is 35.5. The number of pyridine rings is 1. The van der Waals surface area contributed by atoms with Gasteiger partial charge in [-0.2, -0.15) is 0 Å². The van der Waals surface area contributed by atoms with Crippen molar-refractivity contribution < 1.29 is 19.7 Å². The van der Waals surface area contributed by atoms with Gasteiger partial charge in [-0.3, -0.25) is 0 Å². The predicted molar refractivity (Wildman–Crippen MR) is 138 cm³/mol. The molecule has 1 aromatic carbocycles. The number of aliphatic hydroxyl groups excluding tert-OH is 1. The van der Waals surface area contributed by atoms with Crippen LogP contribution in [0.5, 0.6) is 0 Å². The third kappa shape index (κ3) is 7.70. The molecule has 0 radical (unpaired) electrons. The minimum atomic E-state index is -0.994. The number of carboxylic acid groups (broad SMARTS) is 1. The Kier molecular flexibility index (Phi) is 10.2. The second-order valence-corrected chi connectivity index (χ2v) is 9.85. The number of carboxylic acids is 1. The van der Waals surface area contributed by atoms with Crippen molar-refractivity contribution in [3.8, 4) is 0 Å². The second-order valence-electron chi connectivity index (χ2n) is 8.40. The molecule has 3 unspecified atom stereocenters. The highest BCUT2D eigenvalue weighted by Gasteiger charge is 2.30. The molecule has 34 heavy (non-hydrogen) atoms. The Hall–Kier alpha value is -2.12. The van der Waals surface area contributed by atoms with Gasteiger partial charge in [0.15, 0.2) is 0 Å². The van der Waals surface area contributed by atoms with Crippen LogP contribution in [0.2, 0.25) is 5.02 Å². The van der Waals surface area contributed by atoms with Gasteiger partial charge in [0, 0.05) is 29.8 Å². The molecule has 1 aliphatic heterocycles. The lowest BCUT2D eigenvalue weighted by Crippen LogP contribution is -2.32. The first-order chi connectivity index (χ1) is 16.4. The molecule has 1 aliphatic rings. The van der Waals surface area contributed by atoms with E-state index in [0.717, 1.165) is 40.4 Å². The van der Waals surface area contributed by atoms with E-state index in [1.165, 1.54) is 23.5 Å². The molecule has 2 N–H and O–H groups in total. The van der Waals surface area contributed by atoms with E-state index in [-0.39, 0.29) is 17.8 Å². The molecule has 7 heteroatoms. The number of hydrogen-bond donors (Lipinski definition) is 2. The smallest absolute Gasteiger partial charge is 0.337 e. The van der Waals surface area contributed by atoms with E-state index < -0.39 is 12.1 Å². The van der Waals surface area contributed by atoms with E-state index in [9.17, 15) is 9.90 Å². The molecule has 3 rings (SSSR count). The number of benzene rings is 1. The number of nitrogens with zero attached hydrogens (tertiary/aromatic N) is 1. The lowest BCUT2D eigenvalue weighted by atomic mass is 9.94. The van der Waals surface area contributed by atoms with Gasteiger partial charge in [-0.25, -0.2) is 9.78 Å². The van der Waals surface area contributed by atoms with Crippen LogP contribution in [0, 0.1) is 0 Å². The van der Waals surface area contributed by atoms with E-state index in [2.05, 4.69) is 43.1 Å². The number of hydrogen-bond acceptors (Lipinski definition) is 5. The average Bonchev–Trinajstić information content (AvgIpc) is 2.82. The molecule has 182 valence electrons. The van der Waals surface area contributed by atoms with Gasteiger partial charge in [-0.15, -0.1) is 11.8 Å². The summed E-state index contributed by atoms with van der Waals surface area (Å²) in [5.74, 6) is -0.370. The first-order valence-corrected chi connectivity index (χ1v) is 13.1. The molecular weight excluding hydrogens is 470 g/mol. The molecule has 0 bridgehead atoms. The van der Waals surface area contributed by atoms with Crippen molar-refractivity contribution in [2.45, 2.75) is 69.3 Å². The van der Waals surface area contributed by atoms with E-state index in [0.29, 0.717) is 18.6 Å². The molecule has 1 saturated heterocycles. The average molecular weight is 502 g/mol. The molecular formula is C27H32ClNO4S. The molecule has 1 fully saturated rings.